The zero-order valence-corrected chi connectivity index (χ0v) is 13.5. The number of thioether (sulfide) groups is 1. The Morgan fingerprint density at radius 3 is 2.56 bits per heavy atom. The van der Waals surface area contributed by atoms with Gasteiger partial charge >= 0.3 is 0 Å². The summed E-state index contributed by atoms with van der Waals surface area (Å²) in [6, 6.07) is 0.316. The highest BCUT2D eigenvalue weighted by molar-refractivity contribution is 14.1. The Morgan fingerprint density at radius 1 is 1.44 bits per heavy atom. The van der Waals surface area contributed by atoms with Crippen LogP contribution in [-0.2, 0) is 4.79 Å². The summed E-state index contributed by atoms with van der Waals surface area (Å²) in [4.78, 5) is 11.6. The summed E-state index contributed by atoms with van der Waals surface area (Å²) in [5.74, 6) is 0.348. The molecule has 0 aromatic heterocycles. The molecule has 1 heterocycles. The van der Waals surface area contributed by atoms with Gasteiger partial charge in [0.2, 0.25) is 0 Å². The molecule has 1 saturated carbocycles. The highest BCUT2D eigenvalue weighted by atomic mass is 127. The van der Waals surface area contributed by atoms with Gasteiger partial charge < -0.3 is 5.73 Å². The van der Waals surface area contributed by atoms with Crippen molar-refractivity contribution in [2.45, 2.75) is 43.9 Å². The molecule has 0 aromatic rings. The molecule has 18 heavy (non-hydrogen) atoms. The van der Waals surface area contributed by atoms with Gasteiger partial charge in [-0.2, -0.15) is 0 Å². The van der Waals surface area contributed by atoms with E-state index < -0.39 is 6.67 Å². The Kier molecular flexibility index (Phi) is 5.11. The zero-order chi connectivity index (χ0) is 13.3. The fraction of sp³-hybridized carbons (Fsp3) is 0.769. The molecule has 5 heteroatoms. The second-order valence-corrected chi connectivity index (χ2v) is 8.26. The third kappa shape index (κ3) is 2.93. The predicted octanol–water partition coefficient (Wildman–Crippen LogP) is 3.44. The Bertz CT molecular complexity index is 366. The van der Waals surface area contributed by atoms with Crippen molar-refractivity contribution in [3.05, 3.63) is 8.48 Å². The van der Waals surface area contributed by atoms with E-state index in [1.54, 1.807) is 18.7 Å². The first-order valence-electron chi connectivity index (χ1n) is 6.43. The number of carbonyl (C=O) groups excluding carboxylic acids is 1. The molecule has 0 spiro atoms. The van der Waals surface area contributed by atoms with Crippen molar-refractivity contribution < 1.29 is 9.18 Å². The van der Waals surface area contributed by atoms with Crippen LogP contribution in [0.25, 0.3) is 0 Å². The van der Waals surface area contributed by atoms with Gasteiger partial charge in [0, 0.05) is 22.8 Å². The van der Waals surface area contributed by atoms with Crippen LogP contribution < -0.4 is 5.73 Å². The maximum Gasteiger partial charge on any atom is 0.157 e. The monoisotopic (exact) mass is 383 g/mol. The number of carbonyl (C=O) groups is 1. The second kappa shape index (κ2) is 6.22. The molecule has 1 unspecified atom stereocenters. The number of ketones is 1. The lowest BCUT2D eigenvalue weighted by molar-refractivity contribution is -0.114. The van der Waals surface area contributed by atoms with E-state index in [-0.39, 0.29) is 17.0 Å². The minimum atomic E-state index is -0.415. The number of alkyl halides is 1. The number of hydrogen-bond donors (Lipinski definition) is 1. The third-order valence-corrected chi connectivity index (χ3v) is 6.80. The van der Waals surface area contributed by atoms with Crippen LogP contribution in [0.4, 0.5) is 4.39 Å². The van der Waals surface area contributed by atoms with E-state index in [0.29, 0.717) is 12.0 Å². The Labute approximate surface area is 125 Å². The van der Waals surface area contributed by atoms with Gasteiger partial charge in [-0.25, -0.2) is 0 Å². The van der Waals surface area contributed by atoms with E-state index in [1.807, 2.05) is 0 Å². The number of nitrogens with two attached hydrogens (primary N) is 1. The van der Waals surface area contributed by atoms with Crippen LogP contribution in [0.1, 0.15) is 32.6 Å². The molecule has 102 valence electrons. The van der Waals surface area contributed by atoms with Gasteiger partial charge in [-0.1, -0.05) is 0 Å². The van der Waals surface area contributed by atoms with Gasteiger partial charge in [0.1, 0.15) is 0 Å². The molecular weight excluding hydrogens is 364 g/mol. The highest BCUT2D eigenvalue weighted by Gasteiger charge is 2.41. The van der Waals surface area contributed by atoms with Crippen molar-refractivity contribution in [3.8, 4) is 0 Å². The highest BCUT2D eigenvalue weighted by Crippen LogP contribution is 2.51. The Morgan fingerprint density at radius 2 is 2.06 bits per heavy atom. The zero-order valence-electron chi connectivity index (χ0n) is 10.5. The minimum Gasteiger partial charge on any atom is -0.328 e. The summed E-state index contributed by atoms with van der Waals surface area (Å²) in [6.45, 7) is 1.14. The Hall–Kier alpha value is 0.380. The first-order valence-corrected chi connectivity index (χ1v) is 8.39. The summed E-state index contributed by atoms with van der Waals surface area (Å²) >= 11 is 3.90. The fourth-order valence-electron chi connectivity index (χ4n) is 3.04. The van der Waals surface area contributed by atoms with Crippen molar-refractivity contribution in [1.82, 2.24) is 0 Å². The van der Waals surface area contributed by atoms with Crippen molar-refractivity contribution in [1.29, 1.82) is 0 Å². The topological polar surface area (TPSA) is 43.1 Å². The van der Waals surface area contributed by atoms with Crippen LogP contribution in [0.15, 0.2) is 8.48 Å². The maximum atomic E-state index is 13.3. The van der Waals surface area contributed by atoms with Crippen molar-refractivity contribution >= 4 is 40.1 Å². The van der Waals surface area contributed by atoms with Gasteiger partial charge in [-0.15, -0.1) is 11.8 Å². The van der Waals surface area contributed by atoms with E-state index in [4.69, 9.17) is 5.73 Å². The van der Waals surface area contributed by atoms with Crippen LogP contribution in [0, 0.1) is 11.8 Å². The quantitative estimate of drug-likeness (QED) is 0.760. The van der Waals surface area contributed by atoms with E-state index in [9.17, 15) is 9.18 Å². The molecule has 1 aliphatic carbocycles. The lowest BCUT2D eigenvalue weighted by Gasteiger charge is -2.32. The van der Waals surface area contributed by atoms with Gasteiger partial charge in [-0.3, -0.25) is 9.18 Å². The van der Waals surface area contributed by atoms with Crippen LogP contribution in [0.3, 0.4) is 0 Å². The van der Waals surface area contributed by atoms with Gasteiger partial charge in [0.25, 0.3) is 0 Å². The summed E-state index contributed by atoms with van der Waals surface area (Å²) < 4.78 is 14.3. The lowest BCUT2D eigenvalue weighted by atomic mass is 9.79. The van der Waals surface area contributed by atoms with E-state index in [2.05, 4.69) is 22.6 Å². The molecule has 0 bridgehead atoms. The maximum absolute atomic E-state index is 13.3. The molecule has 1 fully saturated rings. The number of rotatable bonds is 3. The van der Waals surface area contributed by atoms with Gasteiger partial charge in [0.15, 0.2) is 5.78 Å². The molecule has 0 amide bonds. The molecule has 1 aliphatic heterocycles. The summed E-state index contributed by atoms with van der Waals surface area (Å²) in [5.41, 5.74) is 6.64. The first-order chi connectivity index (χ1) is 8.54. The summed E-state index contributed by atoms with van der Waals surface area (Å²) in [7, 11) is 0. The van der Waals surface area contributed by atoms with Crippen LogP contribution >= 0.6 is 34.4 Å². The number of hydrogen-bond acceptors (Lipinski definition) is 3. The summed E-state index contributed by atoms with van der Waals surface area (Å²) in [6.07, 6.45) is 4.22. The molecule has 0 radical (unpaired) electrons. The normalized spacial score (nSPS) is 37.1. The lowest BCUT2D eigenvalue weighted by Crippen LogP contribution is -2.34. The SMILES string of the molecule is CC(=O)C1=C(I)S[C@@H](C2CCC(N)CC2)C1CF. The van der Waals surface area contributed by atoms with Gasteiger partial charge in [0.05, 0.1) is 9.59 Å². The second-order valence-electron chi connectivity index (χ2n) is 5.26. The largest absolute Gasteiger partial charge is 0.328 e. The van der Waals surface area contributed by atoms with Crippen molar-refractivity contribution in [3.63, 3.8) is 0 Å². The minimum absolute atomic E-state index is 0.0320. The van der Waals surface area contributed by atoms with Crippen LogP contribution in [0.2, 0.25) is 0 Å². The first kappa shape index (κ1) is 14.8. The molecule has 2 N–H and O–H groups in total. The third-order valence-electron chi connectivity index (χ3n) is 4.05. The van der Waals surface area contributed by atoms with Crippen LogP contribution in [-0.4, -0.2) is 23.7 Å². The standard InChI is InChI=1S/C13H19FINOS/c1-7(17)11-10(6-14)12(18-13(11)15)8-2-4-9(16)5-3-8/h8-10,12H,2-6,16H2,1H3/t8?,9?,10?,12-/m0/s1. The van der Waals surface area contributed by atoms with Gasteiger partial charge in [-0.05, 0) is 61.1 Å². The number of halogens is 2. The predicted molar refractivity (Wildman–Crippen MR) is 82.5 cm³/mol. The average Bonchev–Trinajstić information content (AvgIpc) is 2.67. The number of Topliss-reactive ketones (excluding diaryl/α,β-unsaturated/α-hetero) is 1. The fourth-order valence-corrected chi connectivity index (χ4v) is 6.20. The molecule has 0 aromatic carbocycles. The molecule has 2 atom stereocenters. The molecule has 0 saturated heterocycles. The smallest absolute Gasteiger partial charge is 0.157 e. The molecule has 2 nitrogen and oxygen atoms in total. The number of allylic oxidation sites excluding steroid dienone is 1. The Balaban J connectivity index is 2.10. The average molecular weight is 383 g/mol. The van der Waals surface area contributed by atoms with Crippen molar-refractivity contribution in [2.75, 3.05) is 6.67 Å². The molecule has 2 rings (SSSR count). The molecule has 2 aliphatic rings. The van der Waals surface area contributed by atoms with E-state index in [0.717, 1.165) is 34.2 Å². The van der Waals surface area contributed by atoms with E-state index >= 15 is 0 Å². The van der Waals surface area contributed by atoms with Crippen molar-refractivity contribution in [2.24, 2.45) is 17.6 Å². The van der Waals surface area contributed by atoms with E-state index in [1.165, 1.54) is 0 Å². The summed E-state index contributed by atoms with van der Waals surface area (Å²) in [5, 5.41) is 0.244. The van der Waals surface area contributed by atoms with Crippen LogP contribution in [0.5, 0.6) is 0 Å². The molecular formula is C13H19FINOS.